The van der Waals surface area contributed by atoms with Crippen LogP contribution in [0.4, 0.5) is 0 Å². The van der Waals surface area contributed by atoms with Gasteiger partial charge in [0.2, 0.25) is 0 Å². The minimum Gasteiger partial charge on any atom is -0.390 e. The first kappa shape index (κ1) is 13.7. The second-order valence-electron chi connectivity index (χ2n) is 3.57. The Kier molecular flexibility index (Phi) is 5.52. The van der Waals surface area contributed by atoms with Crippen molar-refractivity contribution in [3.8, 4) is 0 Å². The summed E-state index contributed by atoms with van der Waals surface area (Å²) in [4.78, 5) is 0. The lowest BCUT2D eigenvalue weighted by Gasteiger charge is -2.19. The van der Waals surface area contributed by atoms with Gasteiger partial charge in [0, 0.05) is 15.6 Å². The van der Waals surface area contributed by atoms with E-state index in [2.05, 4.69) is 5.32 Å². The van der Waals surface area contributed by atoms with Gasteiger partial charge in [0.1, 0.15) is 6.10 Å². The molecule has 0 saturated heterocycles. The van der Waals surface area contributed by atoms with Gasteiger partial charge in [-0.05, 0) is 32.1 Å². The van der Waals surface area contributed by atoms with Crippen LogP contribution >= 0.6 is 23.2 Å². The average Bonchev–Trinajstić information content (AvgIpc) is 2.25. The van der Waals surface area contributed by atoms with Crippen molar-refractivity contribution in [1.82, 2.24) is 5.32 Å². The fourth-order valence-electron chi connectivity index (χ4n) is 1.40. The summed E-state index contributed by atoms with van der Waals surface area (Å²) in [6.07, 6.45) is -1.37. The highest BCUT2D eigenvalue weighted by molar-refractivity contribution is 6.35. The van der Waals surface area contributed by atoms with E-state index in [9.17, 15) is 10.2 Å². The van der Waals surface area contributed by atoms with E-state index in [0.717, 1.165) is 0 Å². The molecule has 1 aromatic rings. The van der Waals surface area contributed by atoms with Crippen molar-refractivity contribution >= 4 is 23.2 Å². The molecule has 0 bridgehead atoms. The SMILES string of the molecule is CNCCC(O)C(O)c1ccc(Cl)cc1Cl. The van der Waals surface area contributed by atoms with Gasteiger partial charge in [-0.15, -0.1) is 0 Å². The van der Waals surface area contributed by atoms with Gasteiger partial charge < -0.3 is 15.5 Å². The Balaban J connectivity index is 2.75. The lowest BCUT2D eigenvalue weighted by Crippen LogP contribution is -2.23. The molecule has 0 aliphatic heterocycles. The van der Waals surface area contributed by atoms with Crippen LogP contribution in [0, 0.1) is 0 Å². The number of nitrogens with one attached hydrogen (secondary N) is 1. The summed E-state index contributed by atoms with van der Waals surface area (Å²) in [5, 5.41) is 23.4. The molecule has 16 heavy (non-hydrogen) atoms. The van der Waals surface area contributed by atoms with Crippen molar-refractivity contribution < 1.29 is 10.2 Å². The molecule has 0 amide bonds. The van der Waals surface area contributed by atoms with Gasteiger partial charge in [-0.2, -0.15) is 0 Å². The van der Waals surface area contributed by atoms with E-state index in [1.807, 2.05) is 0 Å². The Morgan fingerprint density at radius 1 is 1.31 bits per heavy atom. The van der Waals surface area contributed by atoms with E-state index in [-0.39, 0.29) is 0 Å². The van der Waals surface area contributed by atoms with E-state index in [1.54, 1.807) is 25.2 Å². The van der Waals surface area contributed by atoms with Gasteiger partial charge in [-0.3, -0.25) is 0 Å². The standard InChI is InChI=1S/C11H15Cl2NO2/c1-14-5-4-10(15)11(16)8-3-2-7(12)6-9(8)13/h2-3,6,10-11,14-16H,4-5H2,1H3. The predicted molar refractivity (Wildman–Crippen MR) is 66.0 cm³/mol. The summed E-state index contributed by atoms with van der Waals surface area (Å²) in [7, 11) is 1.79. The van der Waals surface area contributed by atoms with Crippen LogP contribution in [0.3, 0.4) is 0 Å². The third-order valence-electron chi connectivity index (χ3n) is 2.34. The lowest BCUT2D eigenvalue weighted by molar-refractivity contribution is 0.0141. The van der Waals surface area contributed by atoms with Crippen LogP contribution in [0.15, 0.2) is 18.2 Å². The van der Waals surface area contributed by atoms with Gasteiger partial charge in [-0.25, -0.2) is 0 Å². The first-order chi connectivity index (χ1) is 7.56. The summed E-state index contributed by atoms with van der Waals surface area (Å²) in [6.45, 7) is 0.628. The zero-order valence-electron chi connectivity index (χ0n) is 8.95. The quantitative estimate of drug-likeness (QED) is 0.762. The van der Waals surface area contributed by atoms with Crippen LogP contribution in [0.25, 0.3) is 0 Å². The first-order valence-electron chi connectivity index (χ1n) is 5.02. The number of hydrogen-bond donors (Lipinski definition) is 3. The number of aliphatic hydroxyl groups excluding tert-OH is 2. The number of halogens is 2. The molecule has 5 heteroatoms. The fraction of sp³-hybridized carbons (Fsp3) is 0.455. The zero-order chi connectivity index (χ0) is 12.1. The minimum atomic E-state index is -0.988. The Morgan fingerprint density at radius 2 is 2.00 bits per heavy atom. The van der Waals surface area contributed by atoms with Gasteiger partial charge in [0.05, 0.1) is 6.10 Å². The van der Waals surface area contributed by atoms with E-state index in [4.69, 9.17) is 23.2 Å². The largest absolute Gasteiger partial charge is 0.390 e. The fourth-order valence-corrected chi connectivity index (χ4v) is 1.92. The summed E-state index contributed by atoms with van der Waals surface area (Å²) in [6, 6.07) is 4.81. The van der Waals surface area contributed by atoms with Crippen LogP contribution < -0.4 is 5.32 Å². The molecule has 0 spiro atoms. The number of hydrogen-bond acceptors (Lipinski definition) is 3. The predicted octanol–water partition coefficient (Wildman–Crippen LogP) is 2.00. The molecule has 0 aliphatic rings. The van der Waals surface area contributed by atoms with Crippen LogP contribution in [0.2, 0.25) is 10.0 Å². The summed E-state index contributed by atoms with van der Waals surface area (Å²) in [5.41, 5.74) is 0.495. The maximum absolute atomic E-state index is 9.88. The van der Waals surface area contributed by atoms with Gasteiger partial charge in [-0.1, -0.05) is 29.3 Å². The molecular weight excluding hydrogens is 249 g/mol. The Bertz CT molecular complexity index is 347. The third-order valence-corrected chi connectivity index (χ3v) is 2.90. The third kappa shape index (κ3) is 3.61. The van der Waals surface area contributed by atoms with Crippen LogP contribution in [-0.2, 0) is 0 Å². The number of rotatable bonds is 5. The summed E-state index contributed by atoms with van der Waals surface area (Å²) in [5.74, 6) is 0. The Morgan fingerprint density at radius 3 is 2.56 bits per heavy atom. The summed E-state index contributed by atoms with van der Waals surface area (Å²) >= 11 is 11.7. The molecule has 90 valence electrons. The molecule has 0 heterocycles. The Labute approximate surface area is 105 Å². The average molecular weight is 264 g/mol. The normalized spacial score (nSPS) is 14.8. The van der Waals surface area contributed by atoms with Crippen molar-refractivity contribution in [1.29, 1.82) is 0 Å². The second kappa shape index (κ2) is 6.42. The molecule has 3 nitrogen and oxygen atoms in total. The molecule has 2 unspecified atom stereocenters. The second-order valence-corrected chi connectivity index (χ2v) is 4.41. The molecule has 3 N–H and O–H groups in total. The number of aliphatic hydroxyl groups is 2. The highest BCUT2D eigenvalue weighted by Crippen LogP contribution is 2.28. The number of benzene rings is 1. The van der Waals surface area contributed by atoms with Gasteiger partial charge >= 0.3 is 0 Å². The maximum atomic E-state index is 9.88. The van der Waals surface area contributed by atoms with Crippen LogP contribution in [0.5, 0.6) is 0 Å². The molecule has 0 radical (unpaired) electrons. The minimum absolute atomic E-state index is 0.364. The molecule has 0 fully saturated rings. The highest BCUT2D eigenvalue weighted by Gasteiger charge is 2.20. The van der Waals surface area contributed by atoms with Gasteiger partial charge in [0.25, 0.3) is 0 Å². The molecule has 1 aromatic carbocycles. The van der Waals surface area contributed by atoms with E-state index >= 15 is 0 Å². The molecule has 1 rings (SSSR count). The molecule has 0 saturated carbocycles. The first-order valence-corrected chi connectivity index (χ1v) is 5.77. The topological polar surface area (TPSA) is 52.5 Å². The monoisotopic (exact) mass is 263 g/mol. The zero-order valence-corrected chi connectivity index (χ0v) is 10.5. The summed E-state index contributed by atoms with van der Waals surface area (Å²) < 4.78 is 0. The molecule has 0 aliphatic carbocycles. The molecule has 0 aromatic heterocycles. The van der Waals surface area contributed by atoms with Crippen molar-refractivity contribution in [3.05, 3.63) is 33.8 Å². The molecular formula is C11H15Cl2NO2. The highest BCUT2D eigenvalue weighted by atomic mass is 35.5. The molecule has 2 atom stereocenters. The van der Waals surface area contributed by atoms with Crippen LogP contribution in [-0.4, -0.2) is 29.9 Å². The Hall–Kier alpha value is -0.320. The van der Waals surface area contributed by atoms with Crippen molar-refractivity contribution in [3.63, 3.8) is 0 Å². The maximum Gasteiger partial charge on any atom is 0.106 e. The smallest absolute Gasteiger partial charge is 0.106 e. The van der Waals surface area contributed by atoms with Crippen molar-refractivity contribution in [2.45, 2.75) is 18.6 Å². The van der Waals surface area contributed by atoms with E-state index in [0.29, 0.717) is 28.6 Å². The van der Waals surface area contributed by atoms with Crippen molar-refractivity contribution in [2.75, 3.05) is 13.6 Å². The van der Waals surface area contributed by atoms with E-state index < -0.39 is 12.2 Å². The van der Waals surface area contributed by atoms with Crippen molar-refractivity contribution in [2.24, 2.45) is 0 Å². The van der Waals surface area contributed by atoms with Gasteiger partial charge in [0.15, 0.2) is 0 Å². The van der Waals surface area contributed by atoms with Crippen LogP contribution in [0.1, 0.15) is 18.1 Å². The lowest BCUT2D eigenvalue weighted by atomic mass is 10.0. The van der Waals surface area contributed by atoms with E-state index in [1.165, 1.54) is 0 Å².